The maximum absolute atomic E-state index is 5.73. The van der Waals surface area contributed by atoms with Crippen LogP contribution in [0.25, 0.3) is 10.2 Å². The number of rotatable bonds is 4. The fourth-order valence-electron chi connectivity index (χ4n) is 2.93. The Labute approximate surface area is 111 Å². The van der Waals surface area contributed by atoms with Crippen LogP contribution in [0.1, 0.15) is 43.7 Å². The summed E-state index contributed by atoms with van der Waals surface area (Å²) in [6.07, 6.45) is 8.57. The lowest BCUT2D eigenvalue weighted by atomic mass is 9.95. The Kier molecular flexibility index (Phi) is 3.59. The average Bonchev–Trinajstić information content (AvgIpc) is 3.06. The number of hydrogen-bond donors (Lipinski definition) is 2. The first kappa shape index (κ1) is 12.1. The summed E-state index contributed by atoms with van der Waals surface area (Å²) in [7, 11) is 0. The Morgan fingerprint density at radius 1 is 1.44 bits per heavy atom. The molecule has 3 N–H and O–H groups in total. The number of pyridine rings is 1. The van der Waals surface area contributed by atoms with Gasteiger partial charge in [-0.3, -0.25) is 16.3 Å². The highest BCUT2D eigenvalue weighted by Gasteiger charge is 2.21. The SMILES string of the molecule is NNC(CC1CCCC1)c1cnc2ccsc2c1. The minimum atomic E-state index is 0.243. The summed E-state index contributed by atoms with van der Waals surface area (Å²) in [5.41, 5.74) is 5.27. The molecule has 2 aromatic heterocycles. The molecule has 0 spiro atoms. The van der Waals surface area contributed by atoms with Crippen LogP contribution >= 0.6 is 11.3 Å². The predicted molar refractivity (Wildman–Crippen MR) is 76.3 cm³/mol. The summed E-state index contributed by atoms with van der Waals surface area (Å²) in [5.74, 6) is 6.55. The van der Waals surface area contributed by atoms with Crippen molar-refractivity contribution in [2.24, 2.45) is 11.8 Å². The second-order valence-corrected chi connectivity index (χ2v) is 6.13. The minimum absolute atomic E-state index is 0.243. The maximum atomic E-state index is 5.73. The van der Waals surface area contributed by atoms with Gasteiger partial charge in [0.05, 0.1) is 10.2 Å². The van der Waals surface area contributed by atoms with E-state index in [0.717, 1.165) is 17.9 Å². The van der Waals surface area contributed by atoms with Crippen molar-refractivity contribution in [2.75, 3.05) is 0 Å². The van der Waals surface area contributed by atoms with E-state index in [2.05, 4.69) is 27.9 Å². The topological polar surface area (TPSA) is 50.9 Å². The highest BCUT2D eigenvalue weighted by atomic mass is 32.1. The molecule has 1 unspecified atom stereocenters. The number of fused-ring (bicyclic) bond motifs is 1. The molecule has 3 rings (SSSR count). The van der Waals surface area contributed by atoms with Gasteiger partial charge in [-0.05, 0) is 35.4 Å². The summed E-state index contributed by atoms with van der Waals surface area (Å²) >= 11 is 1.74. The molecule has 96 valence electrons. The lowest BCUT2D eigenvalue weighted by Gasteiger charge is -2.19. The van der Waals surface area contributed by atoms with Crippen molar-refractivity contribution in [3.05, 3.63) is 29.3 Å². The summed E-state index contributed by atoms with van der Waals surface area (Å²) in [5, 5.41) is 2.09. The monoisotopic (exact) mass is 261 g/mol. The Bertz CT molecular complexity index is 516. The summed E-state index contributed by atoms with van der Waals surface area (Å²) < 4.78 is 1.25. The van der Waals surface area contributed by atoms with Crippen LogP contribution in [0.15, 0.2) is 23.7 Å². The first-order chi connectivity index (χ1) is 8.86. The van der Waals surface area contributed by atoms with E-state index >= 15 is 0 Å². The fraction of sp³-hybridized carbons (Fsp3) is 0.500. The van der Waals surface area contributed by atoms with Crippen molar-refractivity contribution in [1.29, 1.82) is 0 Å². The van der Waals surface area contributed by atoms with Crippen LogP contribution in [0, 0.1) is 5.92 Å². The quantitative estimate of drug-likeness (QED) is 0.655. The number of nitrogens with two attached hydrogens (primary N) is 1. The van der Waals surface area contributed by atoms with Crippen molar-refractivity contribution in [3.8, 4) is 0 Å². The van der Waals surface area contributed by atoms with Crippen LogP contribution in [0.5, 0.6) is 0 Å². The second-order valence-electron chi connectivity index (χ2n) is 5.18. The number of hydrazine groups is 1. The van der Waals surface area contributed by atoms with E-state index in [1.165, 1.54) is 35.9 Å². The molecular formula is C14H19N3S. The van der Waals surface area contributed by atoms with E-state index in [9.17, 15) is 0 Å². The molecule has 4 heteroatoms. The van der Waals surface area contributed by atoms with Crippen molar-refractivity contribution in [2.45, 2.75) is 38.1 Å². The molecule has 1 fully saturated rings. The third-order valence-corrected chi connectivity index (χ3v) is 4.82. The number of nitrogens with zero attached hydrogens (tertiary/aromatic N) is 1. The van der Waals surface area contributed by atoms with Crippen LogP contribution in [0.3, 0.4) is 0 Å². The Hall–Kier alpha value is -0.970. The van der Waals surface area contributed by atoms with Crippen molar-refractivity contribution in [1.82, 2.24) is 10.4 Å². The van der Waals surface area contributed by atoms with Gasteiger partial charge in [0.1, 0.15) is 0 Å². The zero-order valence-corrected chi connectivity index (χ0v) is 11.2. The Morgan fingerprint density at radius 2 is 2.28 bits per heavy atom. The molecule has 0 bridgehead atoms. The van der Waals surface area contributed by atoms with Crippen molar-refractivity contribution in [3.63, 3.8) is 0 Å². The number of aromatic nitrogens is 1. The molecule has 3 nitrogen and oxygen atoms in total. The molecule has 0 aromatic carbocycles. The first-order valence-corrected chi connectivity index (χ1v) is 7.54. The van der Waals surface area contributed by atoms with Crippen LogP contribution in [0.4, 0.5) is 0 Å². The molecule has 0 aliphatic heterocycles. The zero-order chi connectivity index (χ0) is 12.4. The van der Waals surface area contributed by atoms with Crippen molar-refractivity contribution < 1.29 is 0 Å². The van der Waals surface area contributed by atoms with Gasteiger partial charge in [-0.25, -0.2) is 0 Å². The van der Waals surface area contributed by atoms with Gasteiger partial charge in [0, 0.05) is 12.2 Å². The zero-order valence-electron chi connectivity index (χ0n) is 10.4. The third-order valence-electron chi connectivity index (χ3n) is 3.97. The van der Waals surface area contributed by atoms with E-state index < -0.39 is 0 Å². The third kappa shape index (κ3) is 2.41. The molecule has 2 heterocycles. The molecule has 1 aliphatic carbocycles. The smallest absolute Gasteiger partial charge is 0.0809 e. The molecule has 0 saturated heterocycles. The van der Waals surface area contributed by atoms with Crippen LogP contribution < -0.4 is 11.3 Å². The number of thiophene rings is 1. The molecule has 0 radical (unpaired) electrons. The summed E-state index contributed by atoms with van der Waals surface area (Å²) in [4.78, 5) is 4.50. The first-order valence-electron chi connectivity index (χ1n) is 6.66. The fourth-order valence-corrected chi connectivity index (χ4v) is 3.72. The van der Waals surface area contributed by atoms with E-state index in [1.54, 1.807) is 11.3 Å². The average molecular weight is 261 g/mol. The minimum Gasteiger partial charge on any atom is -0.271 e. The van der Waals surface area contributed by atoms with E-state index in [-0.39, 0.29) is 6.04 Å². The lowest BCUT2D eigenvalue weighted by molar-refractivity contribution is 0.400. The van der Waals surface area contributed by atoms with Gasteiger partial charge in [0.25, 0.3) is 0 Å². The summed E-state index contributed by atoms with van der Waals surface area (Å²) in [6, 6.07) is 4.53. The highest BCUT2D eigenvalue weighted by molar-refractivity contribution is 7.17. The molecule has 18 heavy (non-hydrogen) atoms. The van der Waals surface area contributed by atoms with Gasteiger partial charge in [0.15, 0.2) is 0 Å². The highest BCUT2D eigenvalue weighted by Crippen LogP contribution is 2.33. The van der Waals surface area contributed by atoms with Gasteiger partial charge in [-0.1, -0.05) is 25.7 Å². The maximum Gasteiger partial charge on any atom is 0.0809 e. The standard InChI is InChI=1S/C14H19N3S/c15-17-13(7-10-3-1-2-4-10)11-8-14-12(16-9-11)5-6-18-14/h5-6,8-10,13,17H,1-4,7,15H2. The molecule has 2 aromatic rings. The van der Waals surface area contributed by atoms with E-state index in [0.29, 0.717) is 0 Å². The number of hydrogen-bond acceptors (Lipinski definition) is 4. The number of nitrogens with one attached hydrogen (secondary N) is 1. The van der Waals surface area contributed by atoms with Gasteiger partial charge in [0.2, 0.25) is 0 Å². The molecule has 1 saturated carbocycles. The van der Waals surface area contributed by atoms with Gasteiger partial charge >= 0.3 is 0 Å². The van der Waals surface area contributed by atoms with Gasteiger partial charge in [-0.2, -0.15) is 0 Å². The van der Waals surface area contributed by atoms with Crippen LogP contribution in [-0.4, -0.2) is 4.98 Å². The van der Waals surface area contributed by atoms with Crippen LogP contribution in [-0.2, 0) is 0 Å². The molecule has 1 atom stereocenters. The lowest BCUT2D eigenvalue weighted by Crippen LogP contribution is -2.29. The van der Waals surface area contributed by atoms with Crippen molar-refractivity contribution >= 4 is 21.6 Å². The largest absolute Gasteiger partial charge is 0.271 e. The normalized spacial score (nSPS) is 18.5. The van der Waals surface area contributed by atoms with Gasteiger partial charge < -0.3 is 0 Å². The summed E-state index contributed by atoms with van der Waals surface area (Å²) in [6.45, 7) is 0. The Morgan fingerprint density at radius 3 is 3.06 bits per heavy atom. The molecular weight excluding hydrogens is 242 g/mol. The van der Waals surface area contributed by atoms with E-state index in [1.807, 2.05) is 6.20 Å². The van der Waals surface area contributed by atoms with Crippen LogP contribution in [0.2, 0.25) is 0 Å². The Balaban J connectivity index is 1.80. The van der Waals surface area contributed by atoms with Gasteiger partial charge in [-0.15, -0.1) is 11.3 Å². The molecule has 1 aliphatic rings. The second kappa shape index (κ2) is 5.34. The predicted octanol–water partition coefficient (Wildman–Crippen LogP) is 3.38. The molecule has 0 amide bonds. The van der Waals surface area contributed by atoms with E-state index in [4.69, 9.17) is 5.84 Å².